The second-order valence-electron chi connectivity index (χ2n) is 9.99. The zero-order valence-electron chi connectivity index (χ0n) is 24.6. The number of carboxylic acid groups (broad SMARTS) is 2. The minimum absolute atomic E-state index is 0.0420. The van der Waals surface area contributed by atoms with Crippen LogP contribution in [0, 0.1) is 6.92 Å². The van der Waals surface area contributed by atoms with Crippen LogP contribution in [0.25, 0.3) is 0 Å². The van der Waals surface area contributed by atoms with Gasteiger partial charge in [-0.2, -0.15) is 0 Å². The summed E-state index contributed by atoms with van der Waals surface area (Å²) in [5, 5.41) is 26.6. The van der Waals surface area contributed by atoms with Gasteiger partial charge >= 0.3 is 18.0 Å². The van der Waals surface area contributed by atoms with Crippen molar-refractivity contribution in [1.29, 1.82) is 0 Å². The van der Waals surface area contributed by atoms with E-state index in [0.717, 1.165) is 5.56 Å². The van der Waals surface area contributed by atoms with Gasteiger partial charge in [-0.1, -0.05) is 30.3 Å². The standard InChI is InChI=1S/C31H35N5O8/c1-19-6-4-5-7-23(19)34-31(43)35-24-10-8-20(15-26(24)44-3)14-22(37)18-33-27-11-9-21(17-32-27)25(16-30(41)42)36(2)28(38)12-13-29(39)40/h4-11,15,17,25H,12-14,16,18H2,1-3H3,(H,32,33)(H,39,40)(H,41,42)(H2,34,35,43). The quantitative estimate of drug-likeness (QED) is 0.169. The molecule has 2 aromatic carbocycles. The Balaban J connectivity index is 1.57. The van der Waals surface area contributed by atoms with Crippen LogP contribution in [-0.4, -0.2) is 70.5 Å². The Morgan fingerprint density at radius 1 is 0.932 bits per heavy atom. The molecular formula is C31H35N5O8. The van der Waals surface area contributed by atoms with E-state index >= 15 is 0 Å². The highest BCUT2D eigenvalue weighted by Gasteiger charge is 2.25. The predicted octanol–water partition coefficient (Wildman–Crippen LogP) is 4.11. The molecule has 0 aliphatic rings. The molecule has 3 aromatic rings. The Morgan fingerprint density at radius 2 is 1.66 bits per heavy atom. The van der Waals surface area contributed by atoms with Crippen molar-refractivity contribution in [3.63, 3.8) is 0 Å². The maximum absolute atomic E-state index is 12.7. The number of amides is 3. The number of hydrogen-bond acceptors (Lipinski definition) is 8. The SMILES string of the molecule is COc1cc(CC(=O)CNc2ccc(C(CC(=O)O)N(C)C(=O)CCC(=O)O)cn2)ccc1NC(=O)Nc1ccccc1C. The Labute approximate surface area is 254 Å². The largest absolute Gasteiger partial charge is 0.495 e. The molecule has 0 bridgehead atoms. The van der Waals surface area contributed by atoms with E-state index in [2.05, 4.69) is 20.9 Å². The number of anilines is 3. The first kappa shape index (κ1) is 33.0. The fourth-order valence-corrected chi connectivity index (χ4v) is 4.33. The van der Waals surface area contributed by atoms with Crippen LogP contribution in [0.5, 0.6) is 5.75 Å². The van der Waals surface area contributed by atoms with Crippen LogP contribution >= 0.6 is 0 Å². The van der Waals surface area contributed by atoms with Crippen LogP contribution in [0.2, 0.25) is 0 Å². The van der Waals surface area contributed by atoms with Crippen molar-refractivity contribution in [3.8, 4) is 5.75 Å². The average molecular weight is 606 g/mol. The molecule has 5 N–H and O–H groups in total. The molecule has 1 aromatic heterocycles. The zero-order valence-corrected chi connectivity index (χ0v) is 24.6. The molecule has 0 aliphatic carbocycles. The highest BCUT2D eigenvalue weighted by molar-refractivity contribution is 6.01. The number of benzene rings is 2. The highest BCUT2D eigenvalue weighted by atomic mass is 16.5. The summed E-state index contributed by atoms with van der Waals surface area (Å²) < 4.78 is 5.41. The smallest absolute Gasteiger partial charge is 0.323 e. The first-order valence-corrected chi connectivity index (χ1v) is 13.7. The molecule has 0 saturated carbocycles. The van der Waals surface area contributed by atoms with Gasteiger partial charge < -0.3 is 35.8 Å². The summed E-state index contributed by atoms with van der Waals surface area (Å²) in [7, 11) is 2.88. The van der Waals surface area contributed by atoms with Crippen molar-refractivity contribution >= 4 is 46.9 Å². The third-order valence-corrected chi connectivity index (χ3v) is 6.73. The first-order chi connectivity index (χ1) is 21.0. The molecule has 0 spiro atoms. The summed E-state index contributed by atoms with van der Waals surface area (Å²) in [5.41, 5.74) is 3.16. The molecule has 0 fully saturated rings. The van der Waals surface area contributed by atoms with Gasteiger partial charge in [-0.15, -0.1) is 0 Å². The fourth-order valence-electron chi connectivity index (χ4n) is 4.33. The number of hydrogen-bond donors (Lipinski definition) is 5. The van der Waals surface area contributed by atoms with Gasteiger partial charge in [0.15, 0.2) is 5.78 Å². The minimum Gasteiger partial charge on any atom is -0.495 e. The van der Waals surface area contributed by atoms with Crippen LogP contribution in [0.3, 0.4) is 0 Å². The molecule has 232 valence electrons. The van der Waals surface area contributed by atoms with Crippen LogP contribution in [-0.2, 0) is 25.6 Å². The van der Waals surface area contributed by atoms with Gasteiger partial charge in [0.2, 0.25) is 5.91 Å². The molecule has 1 atom stereocenters. The van der Waals surface area contributed by atoms with Crippen molar-refractivity contribution < 1.29 is 38.9 Å². The lowest BCUT2D eigenvalue weighted by molar-refractivity contribution is -0.143. The molecule has 1 unspecified atom stereocenters. The zero-order chi connectivity index (χ0) is 32.2. The third kappa shape index (κ3) is 9.82. The highest BCUT2D eigenvalue weighted by Crippen LogP contribution is 2.27. The molecule has 44 heavy (non-hydrogen) atoms. The third-order valence-electron chi connectivity index (χ3n) is 6.73. The lowest BCUT2D eigenvalue weighted by atomic mass is 10.0. The van der Waals surface area contributed by atoms with Crippen LogP contribution in [0.15, 0.2) is 60.8 Å². The van der Waals surface area contributed by atoms with Gasteiger partial charge in [0.1, 0.15) is 11.6 Å². The van der Waals surface area contributed by atoms with Crippen molar-refractivity contribution in [3.05, 3.63) is 77.5 Å². The number of carbonyl (C=O) groups excluding carboxylic acids is 3. The van der Waals surface area contributed by atoms with E-state index < -0.39 is 36.3 Å². The number of urea groups is 1. The van der Waals surface area contributed by atoms with Crippen LogP contribution < -0.4 is 20.7 Å². The Hall–Kier alpha value is -5.46. The summed E-state index contributed by atoms with van der Waals surface area (Å²) in [4.78, 5) is 65.3. The molecule has 1 heterocycles. The lowest BCUT2D eigenvalue weighted by Gasteiger charge is -2.27. The number of carbonyl (C=O) groups is 5. The van der Waals surface area contributed by atoms with Crippen LogP contribution in [0.4, 0.5) is 22.0 Å². The first-order valence-electron chi connectivity index (χ1n) is 13.7. The molecule has 0 saturated heterocycles. The maximum Gasteiger partial charge on any atom is 0.323 e. The number of ketones is 1. The second-order valence-corrected chi connectivity index (χ2v) is 9.99. The van der Waals surface area contributed by atoms with Crippen LogP contribution in [0.1, 0.15) is 42.0 Å². The molecule has 13 nitrogen and oxygen atoms in total. The second kappa shape index (κ2) is 15.7. The number of aromatic nitrogens is 1. The van der Waals surface area contributed by atoms with Gasteiger partial charge in [-0.25, -0.2) is 9.78 Å². The van der Waals surface area contributed by atoms with Gasteiger partial charge in [0.25, 0.3) is 0 Å². The number of pyridine rings is 1. The van der Waals surface area contributed by atoms with Gasteiger partial charge in [0, 0.05) is 31.8 Å². The van der Waals surface area contributed by atoms with Crippen molar-refractivity contribution in [2.75, 3.05) is 36.7 Å². The fraction of sp³-hybridized carbons (Fsp3) is 0.290. The van der Waals surface area contributed by atoms with E-state index in [4.69, 9.17) is 9.84 Å². The average Bonchev–Trinajstić information content (AvgIpc) is 2.99. The van der Waals surface area contributed by atoms with Gasteiger partial charge in [-0.05, 0) is 47.9 Å². The molecular weight excluding hydrogens is 570 g/mol. The Bertz CT molecular complexity index is 1510. The van der Waals surface area contributed by atoms with E-state index in [1.165, 1.54) is 25.3 Å². The summed E-state index contributed by atoms with van der Waals surface area (Å²) in [6.07, 6.45) is 0.481. The normalized spacial score (nSPS) is 11.2. The summed E-state index contributed by atoms with van der Waals surface area (Å²) in [6, 6.07) is 14.3. The van der Waals surface area contributed by atoms with E-state index in [9.17, 15) is 29.1 Å². The molecule has 3 rings (SSSR count). The van der Waals surface area contributed by atoms with E-state index in [1.54, 1.807) is 36.4 Å². The molecule has 0 radical (unpaired) electrons. The number of para-hydroxylation sites is 1. The maximum atomic E-state index is 12.7. The molecule has 0 aliphatic heterocycles. The number of aryl methyl sites for hydroxylation is 1. The summed E-state index contributed by atoms with van der Waals surface area (Å²) in [5.74, 6) is -2.15. The number of rotatable bonds is 15. The van der Waals surface area contributed by atoms with Crippen molar-refractivity contribution in [2.24, 2.45) is 0 Å². The number of nitrogens with one attached hydrogen (secondary N) is 3. The number of Topliss-reactive ketones (excluding diaryl/α,β-unsaturated/α-hetero) is 1. The number of ether oxygens (including phenoxy) is 1. The molecule has 13 heteroatoms. The number of nitrogens with zero attached hydrogens (tertiary/aromatic N) is 2. The Kier molecular flexibility index (Phi) is 11.8. The predicted molar refractivity (Wildman–Crippen MR) is 163 cm³/mol. The number of aliphatic carboxylic acids is 2. The minimum atomic E-state index is -1.13. The van der Waals surface area contributed by atoms with Crippen molar-refractivity contribution in [2.45, 2.75) is 38.6 Å². The van der Waals surface area contributed by atoms with Gasteiger partial charge in [-0.3, -0.25) is 19.2 Å². The van der Waals surface area contributed by atoms with E-state index in [0.29, 0.717) is 34.1 Å². The summed E-state index contributed by atoms with van der Waals surface area (Å²) in [6.45, 7) is 1.84. The van der Waals surface area contributed by atoms with Gasteiger partial charge in [0.05, 0.1) is 38.2 Å². The lowest BCUT2D eigenvalue weighted by Crippen LogP contribution is -2.33. The van der Waals surface area contributed by atoms with Crippen molar-refractivity contribution in [1.82, 2.24) is 9.88 Å². The number of carboxylic acids is 2. The van der Waals surface area contributed by atoms with E-state index in [1.807, 2.05) is 25.1 Å². The summed E-state index contributed by atoms with van der Waals surface area (Å²) >= 11 is 0. The molecule has 3 amide bonds. The monoisotopic (exact) mass is 605 g/mol. The van der Waals surface area contributed by atoms with E-state index in [-0.39, 0.29) is 31.6 Å². The topological polar surface area (TPSA) is 187 Å². The number of methoxy groups -OCH3 is 1. The Morgan fingerprint density at radius 3 is 2.30 bits per heavy atom.